The number of anilines is 2. The number of amides is 2. The van der Waals surface area contributed by atoms with Gasteiger partial charge in [0.15, 0.2) is 5.82 Å². The minimum Gasteiger partial charge on any atom is -0.337 e. The average molecular weight is 377 g/mol. The number of carbonyl (C=O) groups excluding carboxylic acids is 1. The Morgan fingerprint density at radius 3 is 2.70 bits per heavy atom. The Bertz CT molecular complexity index is 1060. The summed E-state index contributed by atoms with van der Waals surface area (Å²) in [7, 11) is 0. The van der Waals surface area contributed by atoms with Crippen molar-refractivity contribution in [3.8, 4) is 11.5 Å². The van der Waals surface area contributed by atoms with Crippen LogP contribution < -0.4 is 10.2 Å². The zero-order valence-electron chi connectivity index (χ0n) is 15.0. The first-order chi connectivity index (χ1) is 13.1. The van der Waals surface area contributed by atoms with E-state index >= 15 is 0 Å². The minimum atomic E-state index is -0.175. The van der Waals surface area contributed by atoms with Crippen molar-refractivity contribution in [3.05, 3.63) is 59.4 Å². The summed E-state index contributed by atoms with van der Waals surface area (Å²) in [6.45, 7) is 3.98. The molecule has 136 valence electrons. The molecule has 7 heteroatoms. The maximum Gasteiger partial charge on any atom is 0.326 e. The Labute approximate surface area is 160 Å². The van der Waals surface area contributed by atoms with Crippen LogP contribution in [-0.4, -0.2) is 27.0 Å². The number of thiazole rings is 1. The highest BCUT2D eigenvalue weighted by molar-refractivity contribution is 7.07. The molecule has 27 heavy (non-hydrogen) atoms. The van der Waals surface area contributed by atoms with Crippen molar-refractivity contribution in [2.24, 2.45) is 0 Å². The van der Waals surface area contributed by atoms with Gasteiger partial charge in [-0.2, -0.15) is 0 Å². The number of H-pyrrole nitrogens is 1. The first-order valence-electron chi connectivity index (χ1n) is 8.65. The summed E-state index contributed by atoms with van der Waals surface area (Å²) in [5, 5.41) is 4.92. The normalized spacial score (nSPS) is 11.1. The lowest BCUT2D eigenvalue weighted by atomic mass is 10.2. The van der Waals surface area contributed by atoms with Gasteiger partial charge in [0, 0.05) is 22.8 Å². The predicted octanol–water partition coefficient (Wildman–Crippen LogP) is 5.13. The summed E-state index contributed by atoms with van der Waals surface area (Å²) >= 11 is 1.53. The standard InChI is InChI=1S/C20H19N5OS/c1-13(2)25(15-6-4-3-5-7-15)20(26)22-14-8-9-16-17(10-14)24-19(23-16)18-11-27-12-21-18/h3-13H,1-2H3,(H,22,26)(H,23,24). The molecule has 2 heterocycles. The Morgan fingerprint density at radius 2 is 2.00 bits per heavy atom. The van der Waals surface area contributed by atoms with Crippen LogP contribution in [0.25, 0.3) is 22.6 Å². The van der Waals surface area contributed by atoms with E-state index in [0.29, 0.717) is 5.69 Å². The van der Waals surface area contributed by atoms with Crippen LogP contribution in [0, 0.1) is 0 Å². The summed E-state index contributed by atoms with van der Waals surface area (Å²) in [4.78, 5) is 26.7. The highest BCUT2D eigenvalue weighted by Gasteiger charge is 2.19. The maximum absolute atomic E-state index is 12.9. The van der Waals surface area contributed by atoms with Crippen LogP contribution in [0.3, 0.4) is 0 Å². The molecule has 0 saturated carbocycles. The van der Waals surface area contributed by atoms with Crippen LogP contribution in [-0.2, 0) is 0 Å². The summed E-state index contributed by atoms with van der Waals surface area (Å²) in [5.74, 6) is 0.725. The molecule has 0 bridgehead atoms. The van der Waals surface area contributed by atoms with E-state index in [4.69, 9.17) is 0 Å². The Morgan fingerprint density at radius 1 is 1.19 bits per heavy atom. The molecule has 0 aliphatic carbocycles. The number of aromatic nitrogens is 3. The van der Waals surface area contributed by atoms with Gasteiger partial charge in [0.1, 0.15) is 5.69 Å². The number of benzene rings is 2. The molecule has 2 aromatic carbocycles. The van der Waals surface area contributed by atoms with E-state index in [9.17, 15) is 4.79 Å². The molecule has 4 aromatic rings. The number of hydrogen-bond acceptors (Lipinski definition) is 4. The fraction of sp³-hybridized carbons (Fsp3) is 0.150. The largest absolute Gasteiger partial charge is 0.337 e. The molecule has 0 fully saturated rings. The van der Waals surface area contributed by atoms with E-state index < -0.39 is 0 Å². The smallest absolute Gasteiger partial charge is 0.326 e. The van der Waals surface area contributed by atoms with Gasteiger partial charge in [-0.05, 0) is 44.2 Å². The molecular formula is C20H19N5OS. The predicted molar refractivity (Wildman–Crippen MR) is 110 cm³/mol. The first-order valence-corrected chi connectivity index (χ1v) is 9.59. The van der Waals surface area contributed by atoms with Crippen molar-refractivity contribution < 1.29 is 4.79 Å². The number of nitrogens with one attached hydrogen (secondary N) is 2. The third-order valence-corrected chi connectivity index (χ3v) is 4.77. The van der Waals surface area contributed by atoms with Crippen LogP contribution in [0.15, 0.2) is 59.4 Å². The molecule has 2 N–H and O–H groups in total. The van der Waals surface area contributed by atoms with Gasteiger partial charge in [-0.3, -0.25) is 4.90 Å². The van der Waals surface area contributed by atoms with Crippen LogP contribution in [0.2, 0.25) is 0 Å². The van der Waals surface area contributed by atoms with Crippen molar-refractivity contribution in [2.75, 3.05) is 10.2 Å². The van der Waals surface area contributed by atoms with Gasteiger partial charge < -0.3 is 10.3 Å². The average Bonchev–Trinajstić information content (AvgIpc) is 3.31. The monoisotopic (exact) mass is 377 g/mol. The van der Waals surface area contributed by atoms with E-state index in [2.05, 4.69) is 20.3 Å². The SMILES string of the molecule is CC(C)N(C(=O)Nc1ccc2[nH]c(-c3cscn3)nc2c1)c1ccccc1. The van der Waals surface area contributed by atoms with Crippen molar-refractivity contribution in [3.63, 3.8) is 0 Å². The van der Waals surface area contributed by atoms with E-state index in [1.165, 1.54) is 11.3 Å². The van der Waals surface area contributed by atoms with Crippen molar-refractivity contribution >= 4 is 39.8 Å². The Hall–Kier alpha value is -3.19. The number of fused-ring (bicyclic) bond motifs is 1. The number of rotatable bonds is 4. The van der Waals surface area contributed by atoms with Gasteiger partial charge in [0.2, 0.25) is 0 Å². The van der Waals surface area contributed by atoms with Crippen LogP contribution in [0.4, 0.5) is 16.2 Å². The fourth-order valence-corrected chi connectivity index (χ4v) is 3.49. The zero-order chi connectivity index (χ0) is 18.8. The quantitative estimate of drug-likeness (QED) is 0.517. The molecule has 0 aliphatic heterocycles. The van der Waals surface area contributed by atoms with E-state index in [-0.39, 0.29) is 12.1 Å². The molecule has 0 atom stereocenters. The van der Waals surface area contributed by atoms with E-state index in [0.717, 1.165) is 28.2 Å². The van der Waals surface area contributed by atoms with Gasteiger partial charge in [0.05, 0.1) is 16.5 Å². The molecule has 0 aliphatic rings. The molecule has 2 aromatic heterocycles. The number of hydrogen-bond donors (Lipinski definition) is 2. The van der Waals surface area contributed by atoms with Crippen LogP contribution in [0.1, 0.15) is 13.8 Å². The van der Waals surface area contributed by atoms with Gasteiger partial charge >= 0.3 is 6.03 Å². The van der Waals surface area contributed by atoms with Crippen molar-refractivity contribution in [2.45, 2.75) is 19.9 Å². The molecular weight excluding hydrogens is 358 g/mol. The third-order valence-electron chi connectivity index (χ3n) is 4.18. The fourth-order valence-electron chi connectivity index (χ4n) is 2.96. The van der Waals surface area contributed by atoms with Gasteiger partial charge in [0.25, 0.3) is 0 Å². The second kappa shape index (κ2) is 7.20. The lowest BCUT2D eigenvalue weighted by molar-refractivity contribution is 0.255. The Kier molecular flexibility index (Phi) is 4.60. The van der Waals surface area contributed by atoms with Gasteiger partial charge in [-0.1, -0.05) is 18.2 Å². The number of para-hydroxylation sites is 1. The lowest BCUT2D eigenvalue weighted by Gasteiger charge is -2.27. The molecule has 0 spiro atoms. The first kappa shape index (κ1) is 17.2. The summed E-state index contributed by atoms with van der Waals surface area (Å²) in [6, 6.07) is 15.1. The number of nitrogens with zero attached hydrogens (tertiary/aromatic N) is 3. The second-order valence-electron chi connectivity index (χ2n) is 6.42. The second-order valence-corrected chi connectivity index (χ2v) is 7.14. The topological polar surface area (TPSA) is 73.9 Å². The number of aromatic amines is 1. The molecule has 0 radical (unpaired) electrons. The van der Waals surface area contributed by atoms with Crippen molar-refractivity contribution in [1.82, 2.24) is 15.0 Å². The highest BCUT2D eigenvalue weighted by atomic mass is 32.1. The summed E-state index contributed by atoms with van der Waals surface area (Å²) < 4.78 is 0. The van der Waals surface area contributed by atoms with Crippen molar-refractivity contribution in [1.29, 1.82) is 0 Å². The highest BCUT2D eigenvalue weighted by Crippen LogP contribution is 2.24. The maximum atomic E-state index is 12.9. The number of carbonyl (C=O) groups is 1. The zero-order valence-corrected chi connectivity index (χ0v) is 15.8. The number of urea groups is 1. The number of imidazole rings is 1. The van der Waals surface area contributed by atoms with Gasteiger partial charge in [-0.15, -0.1) is 11.3 Å². The lowest BCUT2D eigenvalue weighted by Crippen LogP contribution is -2.40. The molecule has 4 rings (SSSR count). The molecule has 2 amide bonds. The van der Waals surface area contributed by atoms with Crippen LogP contribution in [0.5, 0.6) is 0 Å². The third kappa shape index (κ3) is 3.54. The molecule has 6 nitrogen and oxygen atoms in total. The Balaban J connectivity index is 1.59. The summed E-state index contributed by atoms with van der Waals surface area (Å²) in [6.07, 6.45) is 0. The van der Waals surface area contributed by atoms with E-state index in [1.807, 2.05) is 67.8 Å². The molecule has 0 unspecified atom stereocenters. The molecule has 0 saturated heterocycles. The van der Waals surface area contributed by atoms with E-state index in [1.54, 1.807) is 10.4 Å². The van der Waals surface area contributed by atoms with Gasteiger partial charge in [-0.25, -0.2) is 14.8 Å². The minimum absolute atomic E-state index is 0.0257. The summed E-state index contributed by atoms with van der Waals surface area (Å²) in [5.41, 5.74) is 5.84. The van der Waals surface area contributed by atoms with Crippen LogP contribution >= 0.6 is 11.3 Å².